The summed E-state index contributed by atoms with van der Waals surface area (Å²) in [6.07, 6.45) is 4.02. The van der Waals surface area contributed by atoms with E-state index in [-0.39, 0.29) is 22.8 Å². The van der Waals surface area contributed by atoms with E-state index in [0.717, 1.165) is 43.5 Å². The van der Waals surface area contributed by atoms with E-state index in [4.69, 9.17) is 21.1 Å². The van der Waals surface area contributed by atoms with Gasteiger partial charge in [-0.3, -0.25) is 9.36 Å². The molecule has 0 spiro atoms. The minimum absolute atomic E-state index is 0.0102. The van der Waals surface area contributed by atoms with Gasteiger partial charge in [0.15, 0.2) is 0 Å². The number of allylic oxidation sites excluding steroid dienone is 5. The van der Waals surface area contributed by atoms with Crippen molar-refractivity contribution in [3.63, 3.8) is 0 Å². The van der Waals surface area contributed by atoms with Crippen molar-refractivity contribution in [1.82, 2.24) is 20.0 Å². The van der Waals surface area contributed by atoms with Crippen molar-refractivity contribution in [3.05, 3.63) is 98.5 Å². The Labute approximate surface area is 256 Å². The Kier molecular flexibility index (Phi) is 8.28. The minimum atomic E-state index is -3.32. The van der Waals surface area contributed by atoms with Crippen LogP contribution in [-0.4, -0.2) is 46.8 Å². The van der Waals surface area contributed by atoms with Gasteiger partial charge in [-0.15, -0.1) is 6.58 Å². The van der Waals surface area contributed by atoms with E-state index in [1.807, 2.05) is 19.1 Å². The van der Waals surface area contributed by atoms with Crippen LogP contribution in [0.25, 0.3) is 11.1 Å². The van der Waals surface area contributed by atoms with Crippen LogP contribution >= 0.6 is 11.6 Å². The average Bonchev–Trinajstić information content (AvgIpc) is 3.54. The number of hydrogen-bond acceptors (Lipinski definition) is 9. The number of rotatable bonds is 7. The van der Waals surface area contributed by atoms with E-state index >= 15 is 0 Å². The highest BCUT2D eigenvalue weighted by molar-refractivity contribution is 6.36. The fourth-order valence-electron chi connectivity index (χ4n) is 5.39. The first-order chi connectivity index (χ1) is 21.3. The van der Waals surface area contributed by atoms with Crippen LogP contribution in [0.1, 0.15) is 37.0 Å². The van der Waals surface area contributed by atoms with Crippen LogP contribution in [0.2, 0.25) is 0 Å². The van der Waals surface area contributed by atoms with Crippen molar-refractivity contribution < 1.29 is 13.3 Å². The van der Waals surface area contributed by atoms with Gasteiger partial charge in [-0.05, 0) is 55.3 Å². The van der Waals surface area contributed by atoms with Gasteiger partial charge in [-0.1, -0.05) is 28.9 Å². The van der Waals surface area contributed by atoms with Crippen LogP contribution in [0.4, 0.5) is 20.2 Å². The number of aliphatic imine (C=N–C) groups is 1. The molecule has 1 aliphatic carbocycles. The number of nitrogens with one attached hydrogen (secondary N) is 2. The second-order valence-corrected chi connectivity index (χ2v) is 11.0. The molecule has 4 heterocycles. The number of aromatic nitrogens is 3. The van der Waals surface area contributed by atoms with Crippen molar-refractivity contribution in [2.75, 3.05) is 36.4 Å². The molecule has 0 unspecified atom stereocenters. The summed E-state index contributed by atoms with van der Waals surface area (Å²) in [4.78, 5) is 29.2. The third kappa shape index (κ3) is 5.87. The maximum atomic E-state index is 14.2. The first-order valence-corrected chi connectivity index (χ1v) is 14.8. The summed E-state index contributed by atoms with van der Waals surface area (Å²) in [5.74, 6) is -3.70. The molecule has 228 valence electrons. The van der Waals surface area contributed by atoms with Crippen molar-refractivity contribution in [2.24, 2.45) is 9.98 Å². The zero-order valence-electron chi connectivity index (χ0n) is 24.1. The van der Waals surface area contributed by atoms with E-state index < -0.39 is 18.2 Å². The monoisotopic (exact) mass is 620 g/mol. The lowest BCUT2D eigenvalue weighted by atomic mass is 9.99. The molecule has 0 radical (unpaired) electrons. The van der Waals surface area contributed by atoms with Gasteiger partial charge >= 0.3 is 5.92 Å². The van der Waals surface area contributed by atoms with Gasteiger partial charge in [0, 0.05) is 71.9 Å². The maximum absolute atomic E-state index is 14.2. The van der Waals surface area contributed by atoms with E-state index in [1.54, 1.807) is 22.8 Å². The number of piperazine rings is 1. The van der Waals surface area contributed by atoms with E-state index in [0.29, 0.717) is 40.9 Å². The second-order valence-electron chi connectivity index (χ2n) is 10.6. The second kappa shape index (κ2) is 12.3. The first kappa shape index (κ1) is 29.6. The molecule has 3 aliphatic rings. The highest BCUT2D eigenvalue weighted by atomic mass is 35.5. The molecule has 0 amide bonds. The molecule has 0 atom stereocenters. The lowest BCUT2D eigenvalue weighted by Gasteiger charge is -2.29. The molecule has 3 aromatic rings. The lowest BCUT2D eigenvalue weighted by Crippen LogP contribution is -2.46. The Morgan fingerprint density at radius 2 is 2.00 bits per heavy atom. The van der Waals surface area contributed by atoms with Crippen LogP contribution in [0, 0.1) is 0 Å². The molecular formula is C31H31ClF2N8O2. The predicted octanol–water partition coefficient (Wildman–Crippen LogP) is 3.69. The Balaban J connectivity index is 1.26. The van der Waals surface area contributed by atoms with Gasteiger partial charge in [0.1, 0.15) is 5.49 Å². The molecule has 1 saturated heterocycles. The smallest absolute Gasteiger partial charge is 0.328 e. The largest absolute Gasteiger partial charge is 0.369 e. The third-order valence-corrected chi connectivity index (χ3v) is 8.03. The van der Waals surface area contributed by atoms with Crippen LogP contribution in [0.15, 0.2) is 79.5 Å². The predicted molar refractivity (Wildman–Crippen MR) is 166 cm³/mol. The number of anilines is 2. The molecule has 1 fully saturated rings. The van der Waals surface area contributed by atoms with Gasteiger partial charge in [0.05, 0.1) is 6.54 Å². The summed E-state index contributed by atoms with van der Waals surface area (Å²) in [7, 11) is 0. The molecule has 10 nitrogen and oxygen atoms in total. The molecule has 0 saturated carbocycles. The first-order valence-electron chi connectivity index (χ1n) is 14.4. The van der Waals surface area contributed by atoms with Gasteiger partial charge in [-0.25, -0.2) is 4.99 Å². The molecule has 0 bridgehead atoms. The third-order valence-electron chi connectivity index (χ3n) is 7.69. The highest BCUT2D eigenvalue weighted by Crippen LogP contribution is 2.34. The minimum Gasteiger partial charge on any atom is -0.369 e. The topological polar surface area (TPSA) is 113 Å². The Morgan fingerprint density at radius 3 is 2.70 bits per heavy atom. The van der Waals surface area contributed by atoms with E-state index in [2.05, 4.69) is 49.4 Å². The number of guanidine groups is 1. The maximum Gasteiger partial charge on any atom is 0.328 e. The van der Waals surface area contributed by atoms with E-state index in [1.165, 1.54) is 5.69 Å². The number of benzene rings is 1. The quantitative estimate of drug-likeness (QED) is 0.388. The van der Waals surface area contributed by atoms with Crippen LogP contribution in [0.3, 0.4) is 0 Å². The van der Waals surface area contributed by atoms with Crippen LogP contribution < -0.4 is 31.8 Å². The summed E-state index contributed by atoms with van der Waals surface area (Å²) in [5, 5.41) is 11.0. The van der Waals surface area contributed by atoms with Crippen molar-refractivity contribution in [3.8, 4) is 0 Å². The van der Waals surface area contributed by atoms with Crippen LogP contribution in [-0.2, 0) is 19.0 Å². The van der Waals surface area contributed by atoms with Gasteiger partial charge in [-0.2, -0.15) is 18.8 Å². The fourth-order valence-corrected chi connectivity index (χ4v) is 5.69. The number of nitrogens with zero attached hydrogens (tertiary/aromatic N) is 6. The fraction of sp³-hybridized carbons (Fsp3) is 0.323. The molecule has 2 N–H and O–H groups in total. The molecule has 1 aromatic carbocycles. The molecule has 13 heteroatoms. The lowest BCUT2D eigenvalue weighted by molar-refractivity contribution is -0.0324. The summed E-state index contributed by atoms with van der Waals surface area (Å²) >= 11 is 6.65. The molecule has 44 heavy (non-hydrogen) atoms. The van der Waals surface area contributed by atoms with Gasteiger partial charge in [0.2, 0.25) is 11.8 Å². The normalized spacial score (nSPS) is 18.1. The Hall–Kier alpha value is -4.42. The number of hydrogen-bond donors (Lipinski definition) is 2. The van der Waals surface area contributed by atoms with Gasteiger partial charge < -0.3 is 20.1 Å². The summed E-state index contributed by atoms with van der Waals surface area (Å²) in [6, 6.07) is 9.93. The SMILES string of the molecule is C=CCC(F)(F)c1nc(C2=CCC(=c3cc4c(n(CC)c3=O)=NC(Nc3ccc(N5CCNCC5)cc3)=NC4)C(Cl)=C2)no1. The summed E-state index contributed by atoms with van der Waals surface area (Å²) in [5.41, 5.74) is 4.15. The summed E-state index contributed by atoms with van der Waals surface area (Å²) < 4.78 is 34.8. The average molecular weight is 621 g/mol. The number of fused-ring (bicyclic) bond motifs is 1. The Morgan fingerprint density at radius 1 is 1.23 bits per heavy atom. The molecule has 2 aliphatic heterocycles. The zero-order chi connectivity index (χ0) is 30.8. The molecule has 6 rings (SSSR count). The van der Waals surface area contributed by atoms with Gasteiger partial charge in [0.25, 0.3) is 11.4 Å². The number of alkyl halides is 2. The van der Waals surface area contributed by atoms with Crippen molar-refractivity contribution in [2.45, 2.75) is 38.8 Å². The van der Waals surface area contributed by atoms with Crippen molar-refractivity contribution >= 4 is 40.1 Å². The van der Waals surface area contributed by atoms with E-state index in [9.17, 15) is 13.6 Å². The number of pyridine rings is 1. The van der Waals surface area contributed by atoms with Crippen molar-refractivity contribution in [1.29, 1.82) is 0 Å². The highest BCUT2D eigenvalue weighted by Gasteiger charge is 2.37. The zero-order valence-corrected chi connectivity index (χ0v) is 24.9. The Bertz CT molecular complexity index is 1870. The number of halogens is 3. The molecular weight excluding hydrogens is 590 g/mol. The summed E-state index contributed by atoms with van der Waals surface area (Å²) in [6.45, 7) is 9.82. The standard InChI is InChI=1S/C31H31ClF2N8O2/c1-3-11-31(33,34)29-38-26(40-44-29)19-5-10-23(25(32)17-19)24-16-20-18-36-30(39-27(20)42(4-2)28(24)43)37-21-6-8-22(9-7-21)41-14-12-35-13-15-41/h3,5-9,16-17,35H,1,4,10-15,18H2,2H3,(H,36,37). The molecule has 2 aromatic heterocycles. The van der Waals surface area contributed by atoms with Crippen LogP contribution in [0.5, 0.6) is 0 Å².